The number of carbonyl (C=O) groups is 1. The molecule has 0 aromatic carbocycles. The van der Waals surface area contributed by atoms with E-state index >= 15 is 0 Å². The summed E-state index contributed by atoms with van der Waals surface area (Å²) in [6.07, 6.45) is 15.2. The Morgan fingerprint density at radius 3 is 2.73 bits per heavy atom. The molecule has 0 heterocycles. The maximum atomic E-state index is 11.7. The Hall–Kier alpha value is -1.31. The summed E-state index contributed by atoms with van der Waals surface area (Å²) in [6, 6.07) is 0. The minimum atomic E-state index is -0.338. The Labute approximate surface area is 90.3 Å². The van der Waals surface area contributed by atoms with Crippen molar-refractivity contribution in [2.75, 3.05) is 7.11 Å². The molecule has 0 aliphatic heterocycles. The van der Waals surface area contributed by atoms with Crippen LogP contribution in [0.4, 0.5) is 0 Å². The zero-order valence-corrected chi connectivity index (χ0v) is 8.98. The number of allylic oxidation sites excluding steroid dienone is 5. The van der Waals surface area contributed by atoms with Crippen LogP contribution in [0.1, 0.15) is 19.3 Å². The minimum absolute atomic E-state index is 0.0899. The zero-order valence-electron chi connectivity index (χ0n) is 8.98. The highest BCUT2D eigenvalue weighted by molar-refractivity contribution is 5.81. The van der Waals surface area contributed by atoms with Crippen LogP contribution in [0.2, 0.25) is 0 Å². The van der Waals surface area contributed by atoms with E-state index in [0.717, 1.165) is 19.3 Å². The van der Waals surface area contributed by atoms with Crippen LogP contribution in [0, 0.1) is 11.3 Å². The molecule has 0 spiro atoms. The van der Waals surface area contributed by atoms with Crippen LogP contribution in [-0.4, -0.2) is 13.1 Å². The minimum Gasteiger partial charge on any atom is -0.468 e. The van der Waals surface area contributed by atoms with Crippen LogP contribution in [0.15, 0.2) is 36.5 Å². The van der Waals surface area contributed by atoms with Gasteiger partial charge in [-0.3, -0.25) is 4.79 Å². The predicted octanol–water partition coefficient (Wildman–Crippen LogP) is 2.63. The molecule has 0 fully saturated rings. The number of carbonyl (C=O) groups excluding carboxylic acids is 1. The summed E-state index contributed by atoms with van der Waals surface area (Å²) in [5, 5.41) is 0. The van der Waals surface area contributed by atoms with Gasteiger partial charge in [0.15, 0.2) is 0 Å². The molecule has 0 bridgehead atoms. The van der Waals surface area contributed by atoms with Crippen molar-refractivity contribution in [3.63, 3.8) is 0 Å². The highest BCUT2D eigenvalue weighted by atomic mass is 16.5. The monoisotopic (exact) mass is 204 g/mol. The van der Waals surface area contributed by atoms with E-state index in [4.69, 9.17) is 4.74 Å². The number of esters is 1. The Balaban J connectivity index is 2.02. The molecule has 2 nitrogen and oxygen atoms in total. The van der Waals surface area contributed by atoms with Gasteiger partial charge in [0, 0.05) is 0 Å². The molecule has 0 unspecified atom stereocenters. The molecule has 80 valence electrons. The van der Waals surface area contributed by atoms with Crippen molar-refractivity contribution in [1.82, 2.24) is 0 Å². The van der Waals surface area contributed by atoms with Gasteiger partial charge in [-0.25, -0.2) is 0 Å². The molecule has 0 amide bonds. The molecule has 0 N–H and O–H groups in total. The molecule has 2 rings (SSSR count). The quantitative estimate of drug-likeness (QED) is 0.522. The SMILES string of the molecule is COC(=O)[C@]1(C[C@@H]2C=CC=CC2)C=CC1. The van der Waals surface area contributed by atoms with Crippen LogP contribution in [0.3, 0.4) is 0 Å². The lowest BCUT2D eigenvalue weighted by Crippen LogP contribution is -2.36. The molecule has 2 aliphatic rings. The fourth-order valence-electron chi connectivity index (χ4n) is 2.24. The molecule has 0 saturated carbocycles. The molecule has 2 aliphatic carbocycles. The molecular formula is C13H16O2. The number of methoxy groups -OCH3 is 1. The molecule has 2 atom stereocenters. The number of hydrogen-bond donors (Lipinski definition) is 0. The highest BCUT2D eigenvalue weighted by Gasteiger charge is 2.41. The summed E-state index contributed by atoms with van der Waals surface area (Å²) in [4.78, 5) is 11.7. The van der Waals surface area contributed by atoms with Gasteiger partial charge in [0.2, 0.25) is 0 Å². The van der Waals surface area contributed by atoms with Crippen molar-refractivity contribution < 1.29 is 9.53 Å². The number of ether oxygens (including phenoxy) is 1. The first-order chi connectivity index (χ1) is 7.27. The Kier molecular flexibility index (Phi) is 2.76. The van der Waals surface area contributed by atoms with Crippen LogP contribution in [0.5, 0.6) is 0 Å². The summed E-state index contributed by atoms with van der Waals surface area (Å²) in [7, 11) is 1.47. The fraction of sp³-hybridized carbons (Fsp3) is 0.462. The van der Waals surface area contributed by atoms with Crippen molar-refractivity contribution in [3.8, 4) is 0 Å². The van der Waals surface area contributed by atoms with E-state index in [2.05, 4.69) is 24.3 Å². The summed E-state index contributed by atoms with van der Waals surface area (Å²) in [5.41, 5.74) is -0.338. The van der Waals surface area contributed by atoms with Crippen LogP contribution in [-0.2, 0) is 9.53 Å². The Morgan fingerprint density at radius 2 is 2.27 bits per heavy atom. The highest BCUT2D eigenvalue weighted by Crippen LogP contribution is 2.42. The van der Waals surface area contributed by atoms with Crippen molar-refractivity contribution in [1.29, 1.82) is 0 Å². The standard InChI is InChI=1S/C13H16O2/c1-15-12(14)13(8-5-9-13)10-11-6-3-2-4-7-11/h2-6,8,11H,7,9-10H2,1H3/t11-,13-/m1/s1. The second-order valence-corrected chi connectivity index (χ2v) is 4.27. The number of rotatable bonds is 3. The summed E-state index contributed by atoms with van der Waals surface area (Å²) in [6.45, 7) is 0. The molecule has 0 saturated heterocycles. The summed E-state index contributed by atoms with van der Waals surface area (Å²) in [5.74, 6) is 0.381. The zero-order chi connectivity index (χ0) is 10.7. The van der Waals surface area contributed by atoms with Gasteiger partial charge in [-0.2, -0.15) is 0 Å². The summed E-state index contributed by atoms with van der Waals surface area (Å²) >= 11 is 0. The van der Waals surface area contributed by atoms with Gasteiger partial charge < -0.3 is 4.74 Å². The Morgan fingerprint density at radius 1 is 1.47 bits per heavy atom. The van der Waals surface area contributed by atoms with Crippen LogP contribution >= 0.6 is 0 Å². The van der Waals surface area contributed by atoms with E-state index in [9.17, 15) is 4.79 Å². The third-order valence-electron chi connectivity index (χ3n) is 3.21. The summed E-state index contributed by atoms with van der Waals surface area (Å²) < 4.78 is 4.87. The van der Waals surface area contributed by atoms with Crippen LogP contribution in [0.25, 0.3) is 0 Å². The molecule has 2 heteroatoms. The lowest BCUT2D eigenvalue weighted by Gasteiger charge is -2.35. The third kappa shape index (κ3) is 1.89. The molecular weight excluding hydrogens is 188 g/mol. The van der Waals surface area contributed by atoms with E-state index in [-0.39, 0.29) is 11.4 Å². The maximum absolute atomic E-state index is 11.7. The van der Waals surface area contributed by atoms with Crippen molar-refractivity contribution in [3.05, 3.63) is 36.5 Å². The second kappa shape index (κ2) is 4.05. The van der Waals surface area contributed by atoms with E-state index in [1.807, 2.05) is 12.2 Å². The molecule has 0 radical (unpaired) electrons. The lowest BCUT2D eigenvalue weighted by molar-refractivity contribution is -0.151. The maximum Gasteiger partial charge on any atom is 0.315 e. The van der Waals surface area contributed by atoms with Gasteiger partial charge in [0.05, 0.1) is 12.5 Å². The van der Waals surface area contributed by atoms with Gasteiger partial charge >= 0.3 is 5.97 Å². The first-order valence-corrected chi connectivity index (χ1v) is 5.36. The van der Waals surface area contributed by atoms with E-state index in [0.29, 0.717) is 5.92 Å². The van der Waals surface area contributed by atoms with Crippen molar-refractivity contribution in [2.24, 2.45) is 11.3 Å². The van der Waals surface area contributed by atoms with Gasteiger partial charge in [-0.15, -0.1) is 0 Å². The third-order valence-corrected chi connectivity index (χ3v) is 3.21. The predicted molar refractivity (Wildman–Crippen MR) is 59.2 cm³/mol. The number of hydrogen-bond acceptors (Lipinski definition) is 2. The van der Waals surface area contributed by atoms with Crippen molar-refractivity contribution >= 4 is 5.97 Å². The fourth-order valence-corrected chi connectivity index (χ4v) is 2.24. The Bertz CT molecular complexity index is 338. The average Bonchev–Trinajstić information content (AvgIpc) is 2.24. The second-order valence-electron chi connectivity index (χ2n) is 4.27. The largest absolute Gasteiger partial charge is 0.468 e. The lowest BCUT2D eigenvalue weighted by atomic mass is 9.69. The van der Waals surface area contributed by atoms with Crippen molar-refractivity contribution in [2.45, 2.75) is 19.3 Å². The molecule has 15 heavy (non-hydrogen) atoms. The average molecular weight is 204 g/mol. The van der Waals surface area contributed by atoms with Gasteiger partial charge in [0.25, 0.3) is 0 Å². The van der Waals surface area contributed by atoms with E-state index in [1.54, 1.807) is 0 Å². The topological polar surface area (TPSA) is 26.3 Å². The normalized spacial score (nSPS) is 32.5. The first-order valence-electron chi connectivity index (χ1n) is 5.36. The van der Waals surface area contributed by atoms with Gasteiger partial charge in [-0.1, -0.05) is 36.5 Å². The first kappa shape index (κ1) is 10.2. The molecule has 0 aromatic rings. The van der Waals surface area contributed by atoms with Crippen LogP contribution < -0.4 is 0 Å². The van der Waals surface area contributed by atoms with E-state index < -0.39 is 0 Å². The smallest absolute Gasteiger partial charge is 0.315 e. The molecule has 0 aromatic heterocycles. The van der Waals surface area contributed by atoms with E-state index in [1.165, 1.54) is 7.11 Å². The van der Waals surface area contributed by atoms with Gasteiger partial charge in [0.1, 0.15) is 0 Å². The van der Waals surface area contributed by atoms with Gasteiger partial charge in [-0.05, 0) is 25.2 Å².